The van der Waals surface area contributed by atoms with Crippen LogP contribution in [0.15, 0.2) is 66.7 Å². The van der Waals surface area contributed by atoms with Crippen molar-refractivity contribution in [2.24, 2.45) is 0 Å². The molecule has 0 saturated heterocycles. The number of benzene rings is 2. The Bertz CT molecular complexity index is 762. The minimum atomic E-state index is 0. The van der Waals surface area contributed by atoms with Gasteiger partial charge in [-0.05, 0) is 30.0 Å². The first-order chi connectivity index (χ1) is 9.75. The van der Waals surface area contributed by atoms with Crippen molar-refractivity contribution in [3.05, 3.63) is 83.4 Å². The quantitative estimate of drug-likeness (QED) is 0.433. The van der Waals surface area contributed by atoms with Crippen LogP contribution in [0.5, 0.6) is 0 Å². The second kappa shape index (κ2) is 6.90. The average molecular weight is 266 g/mol. The molecule has 1 aliphatic rings. The van der Waals surface area contributed by atoms with Crippen molar-refractivity contribution in [3.8, 4) is 0 Å². The Labute approximate surface area is 139 Å². The van der Waals surface area contributed by atoms with E-state index >= 15 is 0 Å². The van der Waals surface area contributed by atoms with Crippen molar-refractivity contribution in [2.75, 3.05) is 0 Å². The van der Waals surface area contributed by atoms with Gasteiger partial charge in [-0.25, -0.2) is 0 Å². The molecule has 0 aliphatic heterocycles. The van der Waals surface area contributed by atoms with Crippen molar-refractivity contribution < 1.29 is 18.9 Å². The zero-order chi connectivity index (χ0) is 13.9. The van der Waals surface area contributed by atoms with Gasteiger partial charge >= 0.3 is 18.9 Å². The minimum absolute atomic E-state index is 0. The molecule has 100 valence electrons. The fraction of sp³-hybridized carbons (Fsp3) is 0.150. The molecule has 0 saturated carbocycles. The summed E-state index contributed by atoms with van der Waals surface area (Å²) in [5.74, 6) is 0. The zero-order valence-electron chi connectivity index (χ0n) is 13.1. The van der Waals surface area contributed by atoms with Gasteiger partial charge in [0.15, 0.2) is 0 Å². The van der Waals surface area contributed by atoms with Gasteiger partial charge in [-0.1, -0.05) is 43.3 Å². The smallest absolute Gasteiger partial charge is 0.168 e. The number of fused-ring (bicyclic) bond motifs is 2. The van der Waals surface area contributed by atoms with Crippen LogP contribution >= 0.6 is 0 Å². The van der Waals surface area contributed by atoms with Gasteiger partial charge in [0.05, 0.1) is 0 Å². The van der Waals surface area contributed by atoms with E-state index in [2.05, 4.69) is 80.6 Å². The monoisotopic (exact) mass is 266 g/mol. The Morgan fingerprint density at radius 3 is 2.38 bits per heavy atom. The third-order valence-electron chi connectivity index (χ3n) is 3.97. The normalized spacial score (nSPS) is 12.0. The molecule has 0 radical (unpaired) electrons. The fourth-order valence-corrected chi connectivity index (χ4v) is 2.76. The molecule has 0 spiro atoms. The molecule has 0 N–H and O–H groups in total. The SMILES string of the molecule is CC1=CCc2ccccc21.C[c-]1ccc2ccccc21.[Li+]. The molecule has 1 aliphatic carbocycles. The second-order valence-corrected chi connectivity index (χ2v) is 5.35. The number of aryl methyl sites for hydroxylation is 1. The molecule has 4 rings (SSSR count). The molecule has 0 heterocycles. The summed E-state index contributed by atoms with van der Waals surface area (Å²) in [5.41, 5.74) is 5.70. The van der Waals surface area contributed by atoms with E-state index in [9.17, 15) is 0 Å². The van der Waals surface area contributed by atoms with Crippen molar-refractivity contribution in [3.63, 3.8) is 0 Å². The van der Waals surface area contributed by atoms with Gasteiger partial charge in [-0.15, -0.1) is 34.5 Å². The summed E-state index contributed by atoms with van der Waals surface area (Å²) >= 11 is 0. The molecule has 0 atom stereocenters. The van der Waals surface area contributed by atoms with Gasteiger partial charge in [-0.3, -0.25) is 0 Å². The molecule has 0 unspecified atom stereocenters. The number of allylic oxidation sites excluding steroid dienone is 2. The van der Waals surface area contributed by atoms with Crippen molar-refractivity contribution >= 4 is 16.3 Å². The van der Waals surface area contributed by atoms with Crippen LogP contribution < -0.4 is 18.9 Å². The zero-order valence-corrected chi connectivity index (χ0v) is 13.1. The Kier molecular flexibility index (Phi) is 5.18. The van der Waals surface area contributed by atoms with Gasteiger partial charge in [0.2, 0.25) is 0 Å². The van der Waals surface area contributed by atoms with Crippen LogP contribution in [-0.4, -0.2) is 0 Å². The summed E-state index contributed by atoms with van der Waals surface area (Å²) in [5, 5.41) is 2.72. The molecule has 0 amide bonds. The Hall–Kier alpha value is -1.61. The summed E-state index contributed by atoms with van der Waals surface area (Å²) in [6.07, 6.45) is 3.41. The summed E-state index contributed by atoms with van der Waals surface area (Å²) < 4.78 is 0. The van der Waals surface area contributed by atoms with Gasteiger partial charge < -0.3 is 0 Å². The van der Waals surface area contributed by atoms with E-state index < -0.39 is 0 Å². The Morgan fingerprint density at radius 2 is 1.62 bits per heavy atom. The molecule has 3 aromatic carbocycles. The standard InChI is InChI=1S/C10H10.C10H9.Li/c2*1-8-6-7-9-4-2-3-5-10(8)9;/h2-6H,7H2,1H3;2-7H,1H3;/q;-1;+1. The van der Waals surface area contributed by atoms with Crippen LogP contribution in [0.25, 0.3) is 16.3 Å². The first-order valence-corrected chi connectivity index (χ1v) is 7.12. The summed E-state index contributed by atoms with van der Waals surface area (Å²) in [6.45, 7) is 4.31. The molecule has 0 fully saturated rings. The van der Waals surface area contributed by atoms with E-state index in [0.717, 1.165) is 6.42 Å². The van der Waals surface area contributed by atoms with Crippen molar-refractivity contribution in [2.45, 2.75) is 20.3 Å². The van der Waals surface area contributed by atoms with Crippen molar-refractivity contribution in [1.29, 1.82) is 0 Å². The second-order valence-electron chi connectivity index (χ2n) is 5.35. The molecular formula is C20H19Li. The van der Waals surface area contributed by atoms with E-state index in [0.29, 0.717) is 0 Å². The van der Waals surface area contributed by atoms with Crippen LogP contribution in [0.2, 0.25) is 0 Å². The minimum Gasteiger partial charge on any atom is -0.168 e. The maximum atomic E-state index is 2.28. The Morgan fingerprint density at radius 1 is 0.905 bits per heavy atom. The maximum Gasteiger partial charge on any atom is 1.00 e. The Balaban J connectivity index is 0.000000147. The maximum absolute atomic E-state index is 2.28. The molecule has 0 bridgehead atoms. The third kappa shape index (κ3) is 3.35. The summed E-state index contributed by atoms with van der Waals surface area (Å²) in [7, 11) is 0. The topological polar surface area (TPSA) is 0 Å². The average Bonchev–Trinajstić information content (AvgIpc) is 3.05. The van der Waals surface area contributed by atoms with Gasteiger partial charge in [-0.2, -0.15) is 12.1 Å². The van der Waals surface area contributed by atoms with Crippen LogP contribution in [0.1, 0.15) is 23.6 Å². The predicted molar refractivity (Wildman–Crippen MR) is 88.1 cm³/mol. The van der Waals surface area contributed by atoms with Crippen LogP contribution in [0.4, 0.5) is 0 Å². The third-order valence-corrected chi connectivity index (χ3v) is 3.97. The fourth-order valence-electron chi connectivity index (χ4n) is 2.76. The molecule has 0 nitrogen and oxygen atoms in total. The molecule has 21 heavy (non-hydrogen) atoms. The predicted octanol–water partition coefficient (Wildman–Crippen LogP) is 2.52. The van der Waals surface area contributed by atoms with E-state index in [1.165, 1.54) is 33.0 Å². The van der Waals surface area contributed by atoms with Crippen LogP contribution in [0.3, 0.4) is 0 Å². The molecule has 3 aromatic rings. The van der Waals surface area contributed by atoms with Crippen molar-refractivity contribution in [1.82, 2.24) is 0 Å². The van der Waals surface area contributed by atoms with E-state index in [4.69, 9.17) is 0 Å². The molecule has 0 aromatic heterocycles. The van der Waals surface area contributed by atoms with E-state index in [-0.39, 0.29) is 18.9 Å². The summed E-state index contributed by atoms with van der Waals surface area (Å²) in [6, 6.07) is 21.3. The van der Waals surface area contributed by atoms with Crippen LogP contribution in [-0.2, 0) is 6.42 Å². The van der Waals surface area contributed by atoms with E-state index in [1.54, 1.807) is 0 Å². The number of hydrogen-bond donors (Lipinski definition) is 0. The molecular weight excluding hydrogens is 247 g/mol. The van der Waals surface area contributed by atoms with Gasteiger partial charge in [0.25, 0.3) is 0 Å². The summed E-state index contributed by atoms with van der Waals surface area (Å²) in [4.78, 5) is 0. The first kappa shape index (κ1) is 15.8. The van der Waals surface area contributed by atoms with E-state index in [1.807, 2.05) is 0 Å². The van der Waals surface area contributed by atoms with Crippen LogP contribution in [0, 0.1) is 6.92 Å². The number of hydrogen-bond acceptors (Lipinski definition) is 0. The molecule has 1 heteroatoms. The first-order valence-electron chi connectivity index (χ1n) is 7.12. The largest absolute Gasteiger partial charge is 1.00 e. The van der Waals surface area contributed by atoms with Gasteiger partial charge in [0, 0.05) is 0 Å². The van der Waals surface area contributed by atoms with Gasteiger partial charge in [0.1, 0.15) is 0 Å². The number of rotatable bonds is 0.